The Bertz CT molecular complexity index is 612. The minimum atomic E-state index is -0.149. The summed E-state index contributed by atoms with van der Waals surface area (Å²) in [6.45, 7) is 11.4. The zero-order chi connectivity index (χ0) is 18.2. The van der Waals surface area contributed by atoms with E-state index >= 15 is 0 Å². The molecule has 0 radical (unpaired) electrons. The van der Waals surface area contributed by atoms with Crippen molar-refractivity contribution >= 4 is 22.6 Å². The van der Waals surface area contributed by atoms with Crippen LogP contribution >= 0.6 is 22.6 Å². The number of alkyl halides is 1. The molecule has 0 aliphatic carbocycles. The van der Waals surface area contributed by atoms with Crippen LogP contribution in [0.25, 0.3) is 0 Å². The first kappa shape index (κ1) is 19.6. The molecule has 0 amide bonds. The van der Waals surface area contributed by atoms with Crippen molar-refractivity contribution in [2.75, 3.05) is 17.5 Å². The first-order valence-electron chi connectivity index (χ1n) is 9.89. The molecular formula is C22H34INO. The third-order valence-corrected chi connectivity index (χ3v) is 7.20. The SMILES string of the molecule is Cc1cc2c(cc1C)[C@H]1C[C@@H](O)[C@H](CCC(C)(C)CCI)CN1CC2. The lowest BCUT2D eigenvalue weighted by Gasteiger charge is -2.46. The van der Waals surface area contributed by atoms with Crippen molar-refractivity contribution in [3.63, 3.8) is 0 Å². The molecule has 1 saturated heterocycles. The van der Waals surface area contributed by atoms with Crippen LogP contribution in [0.3, 0.4) is 0 Å². The highest BCUT2D eigenvalue weighted by Gasteiger charge is 2.38. The molecule has 3 rings (SSSR count). The highest BCUT2D eigenvalue weighted by Crippen LogP contribution is 2.41. The van der Waals surface area contributed by atoms with Gasteiger partial charge in [-0.1, -0.05) is 48.6 Å². The van der Waals surface area contributed by atoms with Gasteiger partial charge in [0.15, 0.2) is 0 Å². The van der Waals surface area contributed by atoms with E-state index in [2.05, 4.69) is 67.3 Å². The van der Waals surface area contributed by atoms with E-state index in [9.17, 15) is 5.11 Å². The molecule has 3 heteroatoms. The fourth-order valence-corrected chi connectivity index (χ4v) is 6.08. The van der Waals surface area contributed by atoms with E-state index in [1.807, 2.05) is 0 Å². The number of hydrogen-bond acceptors (Lipinski definition) is 2. The molecule has 140 valence electrons. The van der Waals surface area contributed by atoms with Crippen LogP contribution in [-0.4, -0.2) is 33.6 Å². The normalized spacial score (nSPS) is 27.0. The van der Waals surface area contributed by atoms with Crippen LogP contribution in [0.2, 0.25) is 0 Å². The molecular weight excluding hydrogens is 421 g/mol. The molecule has 25 heavy (non-hydrogen) atoms. The van der Waals surface area contributed by atoms with E-state index in [-0.39, 0.29) is 6.10 Å². The summed E-state index contributed by atoms with van der Waals surface area (Å²) >= 11 is 2.48. The number of nitrogens with zero attached hydrogens (tertiary/aromatic N) is 1. The van der Waals surface area contributed by atoms with Crippen molar-refractivity contribution in [2.24, 2.45) is 11.3 Å². The lowest BCUT2D eigenvalue weighted by Crippen LogP contribution is -2.48. The molecule has 1 fully saturated rings. The van der Waals surface area contributed by atoms with Gasteiger partial charge in [-0.15, -0.1) is 0 Å². The molecule has 1 N–H and O–H groups in total. The molecule has 3 atom stereocenters. The summed E-state index contributed by atoms with van der Waals surface area (Å²) < 4.78 is 1.22. The third-order valence-electron chi connectivity index (χ3n) is 6.66. The van der Waals surface area contributed by atoms with Crippen LogP contribution in [0.15, 0.2) is 12.1 Å². The summed E-state index contributed by atoms with van der Waals surface area (Å²) in [6.07, 6.45) is 5.58. The van der Waals surface area contributed by atoms with Gasteiger partial charge in [0.05, 0.1) is 6.10 Å². The van der Waals surface area contributed by atoms with Gasteiger partial charge in [-0.2, -0.15) is 0 Å². The number of aliphatic hydroxyl groups is 1. The van der Waals surface area contributed by atoms with Crippen LogP contribution in [0.1, 0.15) is 67.8 Å². The number of aliphatic hydroxyl groups excluding tert-OH is 1. The minimum absolute atomic E-state index is 0.149. The molecule has 0 saturated carbocycles. The van der Waals surface area contributed by atoms with E-state index < -0.39 is 0 Å². The van der Waals surface area contributed by atoms with Gasteiger partial charge in [-0.25, -0.2) is 0 Å². The molecule has 2 aliphatic rings. The number of halogens is 1. The second-order valence-electron chi connectivity index (χ2n) is 9.10. The van der Waals surface area contributed by atoms with Gasteiger partial charge in [-0.3, -0.25) is 4.90 Å². The predicted molar refractivity (Wildman–Crippen MR) is 115 cm³/mol. The lowest BCUT2D eigenvalue weighted by molar-refractivity contribution is -0.0187. The van der Waals surface area contributed by atoms with Crippen molar-refractivity contribution in [2.45, 2.75) is 71.9 Å². The zero-order valence-electron chi connectivity index (χ0n) is 16.3. The molecule has 0 unspecified atom stereocenters. The fourth-order valence-electron chi connectivity index (χ4n) is 4.62. The quantitative estimate of drug-likeness (QED) is 0.487. The summed E-state index contributed by atoms with van der Waals surface area (Å²) in [7, 11) is 0. The Kier molecular flexibility index (Phi) is 6.17. The first-order chi connectivity index (χ1) is 11.8. The Hall–Kier alpha value is -0.130. The number of hydrogen-bond donors (Lipinski definition) is 1. The average molecular weight is 455 g/mol. The molecule has 0 spiro atoms. The van der Waals surface area contributed by atoms with Crippen molar-refractivity contribution in [3.8, 4) is 0 Å². The fraction of sp³-hybridized carbons (Fsp3) is 0.727. The van der Waals surface area contributed by atoms with Crippen LogP contribution in [0.5, 0.6) is 0 Å². The number of piperidine rings is 1. The zero-order valence-corrected chi connectivity index (χ0v) is 18.5. The smallest absolute Gasteiger partial charge is 0.0598 e. The molecule has 0 aromatic heterocycles. The van der Waals surface area contributed by atoms with Gasteiger partial charge in [0.25, 0.3) is 0 Å². The molecule has 2 aliphatic heterocycles. The summed E-state index contributed by atoms with van der Waals surface area (Å²) in [4.78, 5) is 2.65. The van der Waals surface area contributed by atoms with Gasteiger partial charge in [0.2, 0.25) is 0 Å². The third kappa shape index (κ3) is 4.41. The summed E-state index contributed by atoms with van der Waals surface area (Å²) in [5.74, 6) is 0.442. The average Bonchev–Trinajstić information content (AvgIpc) is 2.54. The molecule has 1 aromatic carbocycles. The van der Waals surface area contributed by atoms with Crippen LogP contribution in [-0.2, 0) is 6.42 Å². The number of fused-ring (bicyclic) bond motifs is 3. The van der Waals surface area contributed by atoms with E-state index in [0.29, 0.717) is 17.4 Å². The van der Waals surface area contributed by atoms with Crippen molar-refractivity contribution in [1.82, 2.24) is 4.90 Å². The number of aryl methyl sites for hydroxylation is 2. The second kappa shape index (κ2) is 7.85. The van der Waals surface area contributed by atoms with Crippen molar-refractivity contribution in [3.05, 3.63) is 34.4 Å². The summed E-state index contributed by atoms with van der Waals surface area (Å²) in [5, 5.41) is 10.9. The van der Waals surface area contributed by atoms with E-state index in [1.165, 1.54) is 39.5 Å². The van der Waals surface area contributed by atoms with Crippen LogP contribution in [0.4, 0.5) is 0 Å². The van der Waals surface area contributed by atoms with Crippen molar-refractivity contribution < 1.29 is 5.11 Å². The Morgan fingerprint density at radius 2 is 1.92 bits per heavy atom. The standard InChI is InChI=1S/C22H34INO/c1-15-11-17-6-10-24-14-18(5-7-22(3,4)8-9-23)21(25)13-20(24)19(17)12-16(15)2/h11-12,18,20-21,25H,5-10,13-14H2,1-4H3/t18-,20-,21-/m1/s1. The largest absolute Gasteiger partial charge is 0.393 e. The van der Waals surface area contributed by atoms with Crippen molar-refractivity contribution in [1.29, 1.82) is 0 Å². The maximum atomic E-state index is 10.9. The molecule has 1 aromatic rings. The summed E-state index contributed by atoms with van der Waals surface area (Å²) in [6, 6.07) is 5.20. The van der Waals surface area contributed by atoms with E-state index in [4.69, 9.17) is 0 Å². The van der Waals surface area contributed by atoms with Gasteiger partial charge < -0.3 is 5.11 Å². The topological polar surface area (TPSA) is 23.5 Å². The second-order valence-corrected chi connectivity index (χ2v) is 10.2. The van der Waals surface area contributed by atoms with Gasteiger partial charge >= 0.3 is 0 Å². The monoisotopic (exact) mass is 455 g/mol. The van der Waals surface area contributed by atoms with Gasteiger partial charge in [0, 0.05) is 23.6 Å². The predicted octanol–water partition coefficient (Wildman–Crippen LogP) is 5.21. The first-order valence-corrected chi connectivity index (χ1v) is 11.4. The highest BCUT2D eigenvalue weighted by atomic mass is 127. The summed E-state index contributed by atoms with van der Waals surface area (Å²) in [5.41, 5.74) is 6.19. The van der Waals surface area contributed by atoms with Gasteiger partial charge in [0.1, 0.15) is 0 Å². The Labute approximate surface area is 167 Å². The Balaban J connectivity index is 1.69. The number of benzene rings is 1. The number of rotatable bonds is 5. The molecule has 2 nitrogen and oxygen atoms in total. The van der Waals surface area contributed by atoms with E-state index in [1.54, 1.807) is 0 Å². The maximum Gasteiger partial charge on any atom is 0.0598 e. The minimum Gasteiger partial charge on any atom is -0.393 e. The Morgan fingerprint density at radius 1 is 1.20 bits per heavy atom. The highest BCUT2D eigenvalue weighted by molar-refractivity contribution is 14.1. The van der Waals surface area contributed by atoms with Crippen LogP contribution < -0.4 is 0 Å². The molecule has 2 heterocycles. The maximum absolute atomic E-state index is 10.9. The van der Waals surface area contributed by atoms with E-state index in [0.717, 1.165) is 32.4 Å². The Morgan fingerprint density at radius 3 is 2.64 bits per heavy atom. The molecule has 0 bridgehead atoms. The van der Waals surface area contributed by atoms with Crippen LogP contribution in [0, 0.1) is 25.2 Å². The van der Waals surface area contributed by atoms with Gasteiger partial charge in [-0.05, 0) is 79.5 Å². The lowest BCUT2D eigenvalue weighted by atomic mass is 9.76.